The number of piperazine rings is 1. The quantitative estimate of drug-likeness (QED) is 0.705. The molecule has 1 aliphatic heterocycles. The number of benzene rings is 1. The molecule has 0 saturated carbocycles. The molecular formula is C23H32N4O3. The maximum absolute atomic E-state index is 12.8. The maximum Gasteiger partial charge on any atom is 0.342 e. The molecule has 0 aliphatic carbocycles. The van der Waals surface area contributed by atoms with Crippen LogP contribution in [0.4, 0.5) is 5.82 Å². The molecular weight excluding hydrogens is 380 g/mol. The van der Waals surface area contributed by atoms with Crippen LogP contribution >= 0.6 is 0 Å². The van der Waals surface area contributed by atoms with E-state index in [1.165, 1.54) is 0 Å². The number of fused-ring (bicyclic) bond motifs is 1. The number of amides is 1. The van der Waals surface area contributed by atoms with Crippen molar-refractivity contribution in [1.82, 2.24) is 15.2 Å². The zero-order valence-corrected chi connectivity index (χ0v) is 18.4. The first kappa shape index (κ1) is 22.0. The van der Waals surface area contributed by atoms with Crippen LogP contribution in [0, 0.1) is 6.92 Å². The van der Waals surface area contributed by atoms with E-state index in [1.807, 2.05) is 45.0 Å². The molecule has 2 heterocycles. The normalized spacial score (nSPS) is 15.8. The topological polar surface area (TPSA) is 74.8 Å². The van der Waals surface area contributed by atoms with Crippen molar-refractivity contribution >= 4 is 28.6 Å². The van der Waals surface area contributed by atoms with Crippen LogP contribution in [0.15, 0.2) is 24.3 Å². The smallest absolute Gasteiger partial charge is 0.342 e. The first-order chi connectivity index (χ1) is 14.4. The third-order valence-corrected chi connectivity index (χ3v) is 5.67. The van der Waals surface area contributed by atoms with Crippen LogP contribution in [0.3, 0.4) is 0 Å². The van der Waals surface area contributed by atoms with Crippen LogP contribution in [0.2, 0.25) is 0 Å². The van der Waals surface area contributed by atoms with E-state index in [4.69, 9.17) is 9.72 Å². The first-order valence-corrected chi connectivity index (χ1v) is 10.8. The minimum absolute atomic E-state index is 0.0599. The fourth-order valence-electron chi connectivity index (χ4n) is 3.78. The average molecular weight is 413 g/mol. The number of hydrogen-bond donors (Lipinski definition) is 1. The minimum atomic E-state index is -0.335. The SMILES string of the molecule is CCOC(=O)c1c(N2CCN(CC(=O)NC(C)CC)CC2)nc2ccccc2c1C. The monoisotopic (exact) mass is 412 g/mol. The van der Waals surface area contributed by atoms with E-state index in [9.17, 15) is 9.59 Å². The Labute approximate surface area is 178 Å². The number of esters is 1. The molecule has 1 amide bonds. The second kappa shape index (κ2) is 9.89. The van der Waals surface area contributed by atoms with Gasteiger partial charge in [0.25, 0.3) is 0 Å². The molecule has 0 spiro atoms. The highest BCUT2D eigenvalue weighted by Crippen LogP contribution is 2.29. The van der Waals surface area contributed by atoms with Gasteiger partial charge in [-0.3, -0.25) is 9.69 Å². The van der Waals surface area contributed by atoms with E-state index < -0.39 is 0 Å². The molecule has 2 aromatic rings. The van der Waals surface area contributed by atoms with E-state index in [-0.39, 0.29) is 17.9 Å². The predicted octanol–water partition coefficient (Wildman–Crippen LogP) is 2.76. The summed E-state index contributed by atoms with van der Waals surface area (Å²) in [6.45, 7) is 11.4. The van der Waals surface area contributed by atoms with Crippen molar-refractivity contribution in [3.05, 3.63) is 35.4 Å². The lowest BCUT2D eigenvalue weighted by atomic mass is 10.0. The van der Waals surface area contributed by atoms with Gasteiger partial charge < -0.3 is 15.0 Å². The van der Waals surface area contributed by atoms with Gasteiger partial charge in [-0.15, -0.1) is 0 Å². The number of ether oxygens (including phenoxy) is 1. The van der Waals surface area contributed by atoms with Gasteiger partial charge in [0.15, 0.2) is 0 Å². The summed E-state index contributed by atoms with van der Waals surface area (Å²) in [4.78, 5) is 34.1. The number of carbonyl (C=O) groups is 2. The fraction of sp³-hybridized carbons (Fsp3) is 0.522. The van der Waals surface area contributed by atoms with Crippen molar-refractivity contribution < 1.29 is 14.3 Å². The van der Waals surface area contributed by atoms with Crippen LogP contribution in [-0.4, -0.2) is 67.1 Å². The molecule has 1 saturated heterocycles. The van der Waals surface area contributed by atoms with Gasteiger partial charge in [0.2, 0.25) is 5.91 Å². The van der Waals surface area contributed by atoms with E-state index in [1.54, 1.807) is 0 Å². The lowest BCUT2D eigenvalue weighted by molar-refractivity contribution is -0.122. The number of pyridine rings is 1. The molecule has 1 unspecified atom stereocenters. The fourth-order valence-corrected chi connectivity index (χ4v) is 3.78. The van der Waals surface area contributed by atoms with Crippen molar-refractivity contribution in [3.63, 3.8) is 0 Å². The lowest BCUT2D eigenvalue weighted by Gasteiger charge is -2.36. The van der Waals surface area contributed by atoms with Crippen molar-refractivity contribution in [2.45, 2.75) is 40.2 Å². The highest BCUT2D eigenvalue weighted by atomic mass is 16.5. The third-order valence-electron chi connectivity index (χ3n) is 5.67. The van der Waals surface area contributed by atoms with Crippen molar-refractivity contribution in [2.24, 2.45) is 0 Å². The van der Waals surface area contributed by atoms with E-state index in [0.717, 1.165) is 36.0 Å². The summed E-state index contributed by atoms with van der Waals surface area (Å²) in [7, 11) is 0. The van der Waals surface area contributed by atoms with Crippen LogP contribution in [0.1, 0.15) is 43.1 Å². The number of aryl methyl sites for hydroxylation is 1. The van der Waals surface area contributed by atoms with Crippen molar-refractivity contribution in [3.8, 4) is 0 Å². The molecule has 1 aromatic carbocycles. The third kappa shape index (κ3) is 4.90. The van der Waals surface area contributed by atoms with Crippen LogP contribution in [0.25, 0.3) is 10.9 Å². The Balaban J connectivity index is 1.79. The number of nitrogens with zero attached hydrogens (tertiary/aromatic N) is 3. The molecule has 30 heavy (non-hydrogen) atoms. The molecule has 1 atom stereocenters. The highest BCUT2D eigenvalue weighted by Gasteiger charge is 2.27. The van der Waals surface area contributed by atoms with Crippen LogP contribution in [-0.2, 0) is 9.53 Å². The molecule has 1 N–H and O–H groups in total. The minimum Gasteiger partial charge on any atom is -0.462 e. The molecule has 7 heteroatoms. The van der Waals surface area contributed by atoms with Gasteiger partial charge in [-0.05, 0) is 38.8 Å². The summed E-state index contributed by atoms with van der Waals surface area (Å²) in [6.07, 6.45) is 0.920. The molecule has 0 bridgehead atoms. The Hall–Kier alpha value is -2.67. The van der Waals surface area contributed by atoms with Gasteiger partial charge in [-0.1, -0.05) is 25.1 Å². The van der Waals surface area contributed by atoms with Crippen LogP contribution in [0.5, 0.6) is 0 Å². The average Bonchev–Trinajstić information content (AvgIpc) is 2.74. The maximum atomic E-state index is 12.8. The molecule has 0 radical (unpaired) electrons. The standard InChI is InChI=1S/C23H32N4O3/c1-5-16(3)24-20(28)15-26-11-13-27(14-12-26)22-21(23(29)30-6-2)17(4)18-9-7-8-10-19(18)25-22/h7-10,16H,5-6,11-15H2,1-4H3,(H,24,28). The number of para-hydroxylation sites is 1. The molecule has 162 valence electrons. The Morgan fingerprint density at radius 1 is 1.17 bits per heavy atom. The summed E-state index contributed by atoms with van der Waals surface area (Å²) in [6, 6.07) is 8.05. The van der Waals surface area contributed by atoms with Crippen molar-refractivity contribution in [2.75, 3.05) is 44.2 Å². The van der Waals surface area contributed by atoms with Gasteiger partial charge >= 0.3 is 5.97 Å². The van der Waals surface area contributed by atoms with Crippen molar-refractivity contribution in [1.29, 1.82) is 0 Å². The number of rotatable bonds is 7. The van der Waals surface area contributed by atoms with Gasteiger partial charge in [-0.2, -0.15) is 0 Å². The number of hydrogen-bond acceptors (Lipinski definition) is 6. The Morgan fingerprint density at radius 3 is 2.53 bits per heavy atom. The zero-order valence-electron chi connectivity index (χ0n) is 18.4. The van der Waals surface area contributed by atoms with Gasteiger partial charge in [-0.25, -0.2) is 9.78 Å². The Kier molecular flexibility index (Phi) is 7.26. The van der Waals surface area contributed by atoms with Gasteiger partial charge in [0.05, 0.1) is 18.7 Å². The molecule has 1 fully saturated rings. The van der Waals surface area contributed by atoms with E-state index in [0.29, 0.717) is 37.6 Å². The Morgan fingerprint density at radius 2 is 1.87 bits per heavy atom. The molecule has 1 aromatic heterocycles. The number of carbonyl (C=O) groups excluding carboxylic acids is 2. The van der Waals surface area contributed by atoms with E-state index >= 15 is 0 Å². The summed E-state index contributed by atoms with van der Waals surface area (Å²) in [5, 5.41) is 3.98. The van der Waals surface area contributed by atoms with Crippen LogP contribution < -0.4 is 10.2 Å². The highest BCUT2D eigenvalue weighted by molar-refractivity contribution is 6.02. The number of nitrogens with one attached hydrogen (secondary N) is 1. The lowest BCUT2D eigenvalue weighted by Crippen LogP contribution is -2.50. The molecule has 7 nitrogen and oxygen atoms in total. The number of anilines is 1. The largest absolute Gasteiger partial charge is 0.462 e. The summed E-state index contributed by atoms with van der Waals surface area (Å²) < 4.78 is 5.34. The zero-order chi connectivity index (χ0) is 21.7. The predicted molar refractivity (Wildman–Crippen MR) is 119 cm³/mol. The molecule has 3 rings (SSSR count). The Bertz CT molecular complexity index is 907. The van der Waals surface area contributed by atoms with Gasteiger partial charge in [0, 0.05) is 37.6 Å². The number of aromatic nitrogens is 1. The van der Waals surface area contributed by atoms with Gasteiger partial charge in [0.1, 0.15) is 11.4 Å². The second-order valence-electron chi connectivity index (χ2n) is 7.81. The summed E-state index contributed by atoms with van der Waals surface area (Å²) in [5.74, 6) is 0.400. The van der Waals surface area contributed by atoms with E-state index in [2.05, 4.69) is 22.0 Å². The summed E-state index contributed by atoms with van der Waals surface area (Å²) >= 11 is 0. The summed E-state index contributed by atoms with van der Waals surface area (Å²) in [5.41, 5.74) is 2.30. The molecule has 1 aliphatic rings. The second-order valence-corrected chi connectivity index (χ2v) is 7.81. The first-order valence-electron chi connectivity index (χ1n) is 10.8.